The van der Waals surface area contributed by atoms with Gasteiger partial charge in [-0.25, -0.2) is 13.2 Å². The number of sulfonamides is 1. The van der Waals surface area contributed by atoms with Gasteiger partial charge in [0.1, 0.15) is 11.9 Å². The number of hydrogen-bond acceptors (Lipinski definition) is 4. The highest BCUT2D eigenvalue weighted by molar-refractivity contribution is 7.90. The van der Waals surface area contributed by atoms with E-state index in [1.807, 2.05) is 0 Å². The van der Waals surface area contributed by atoms with Crippen molar-refractivity contribution in [1.29, 1.82) is 0 Å². The lowest BCUT2D eigenvalue weighted by atomic mass is 9.85. The number of aliphatic imine (C=N–C) groups is 1. The second kappa shape index (κ2) is 6.31. The van der Waals surface area contributed by atoms with Crippen molar-refractivity contribution in [1.82, 2.24) is 4.72 Å². The van der Waals surface area contributed by atoms with E-state index in [4.69, 9.17) is 0 Å². The molecule has 124 valence electrons. The van der Waals surface area contributed by atoms with Crippen molar-refractivity contribution in [3.63, 3.8) is 0 Å². The summed E-state index contributed by atoms with van der Waals surface area (Å²) in [7, 11) is -3.63. The molecule has 1 aromatic carbocycles. The van der Waals surface area contributed by atoms with E-state index in [-0.39, 0.29) is 10.7 Å². The molecule has 0 radical (unpaired) electrons. The summed E-state index contributed by atoms with van der Waals surface area (Å²) >= 11 is 0. The quantitative estimate of drug-likeness (QED) is 0.880. The van der Waals surface area contributed by atoms with Gasteiger partial charge in [-0.2, -0.15) is 0 Å². The van der Waals surface area contributed by atoms with Crippen LogP contribution in [0.15, 0.2) is 34.2 Å². The maximum absolute atomic E-state index is 12.1. The monoisotopic (exact) mass is 336 g/mol. The first kappa shape index (κ1) is 16.0. The van der Waals surface area contributed by atoms with Gasteiger partial charge in [-0.05, 0) is 24.5 Å². The molecule has 0 spiro atoms. The number of amidine groups is 1. The van der Waals surface area contributed by atoms with Crippen LogP contribution in [0.5, 0.6) is 0 Å². The summed E-state index contributed by atoms with van der Waals surface area (Å²) in [4.78, 5) is 15.9. The summed E-state index contributed by atoms with van der Waals surface area (Å²) in [5, 5.41) is 9.46. The normalized spacial score (nSPS) is 23.2. The lowest BCUT2D eigenvalue weighted by Crippen LogP contribution is -2.29. The second-order valence-corrected chi connectivity index (χ2v) is 7.82. The molecule has 6 nitrogen and oxygen atoms in total. The van der Waals surface area contributed by atoms with Crippen molar-refractivity contribution in [3.8, 4) is 0 Å². The highest BCUT2D eigenvalue weighted by Gasteiger charge is 2.32. The van der Waals surface area contributed by atoms with E-state index in [1.54, 1.807) is 18.2 Å². The number of nitrogens with zero attached hydrogens (tertiary/aromatic N) is 1. The predicted octanol–water partition coefficient (Wildman–Crippen LogP) is 2.15. The second-order valence-electron chi connectivity index (χ2n) is 6.17. The average molecular weight is 336 g/mol. The summed E-state index contributed by atoms with van der Waals surface area (Å²) in [6, 6.07) is 5.58. The van der Waals surface area contributed by atoms with E-state index in [0.29, 0.717) is 17.9 Å². The molecule has 1 aliphatic carbocycles. The fraction of sp³-hybridized carbons (Fsp3) is 0.500. The minimum Gasteiger partial charge on any atom is -0.480 e. The van der Waals surface area contributed by atoms with Crippen molar-refractivity contribution in [3.05, 3.63) is 29.8 Å². The van der Waals surface area contributed by atoms with Gasteiger partial charge in [0.15, 0.2) is 0 Å². The molecule has 1 atom stereocenters. The van der Waals surface area contributed by atoms with Gasteiger partial charge in [0.25, 0.3) is 10.0 Å². The first-order valence-electron chi connectivity index (χ1n) is 7.90. The van der Waals surface area contributed by atoms with Gasteiger partial charge < -0.3 is 5.11 Å². The zero-order chi connectivity index (χ0) is 16.4. The Morgan fingerprint density at radius 3 is 2.65 bits per heavy atom. The summed E-state index contributed by atoms with van der Waals surface area (Å²) in [5.74, 6) is -0.516. The third-order valence-corrected chi connectivity index (χ3v) is 5.91. The SMILES string of the molecule is O=C(O)C(CC1CCCCC1)N=C1NS(=O)(=O)c2ccccc21. The molecule has 0 aromatic heterocycles. The minimum absolute atomic E-state index is 0.142. The maximum Gasteiger partial charge on any atom is 0.328 e. The molecule has 1 fully saturated rings. The number of fused-ring (bicyclic) bond motifs is 1. The summed E-state index contributed by atoms with van der Waals surface area (Å²) in [5.41, 5.74) is 0.447. The summed E-state index contributed by atoms with van der Waals surface area (Å²) in [6.45, 7) is 0. The number of hydrogen-bond donors (Lipinski definition) is 2. The highest BCUT2D eigenvalue weighted by Crippen LogP contribution is 2.29. The van der Waals surface area contributed by atoms with Crippen molar-refractivity contribution in [2.24, 2.45) is 10.9 Å². The van der Waals surface area contributed by atoms with E-state index in [9.17, 15) is 18.3 Å². The molecular weight excluding hydrogens is 316 g/mol. The van der Waals surface area contributed by atoms with Crippen LogP contribution in [0.4, 0.5) is 0 Å². The maximum atomic E-state index is 12.1. The van der Waals surface area contributed by atoms with Gasteiger partial charge in [-0.1, -0.05) is 44.2 Å². The summed E-state index contributed by atoms with van der Waals surface area (Å²) in [6.07, 6.45) is 5.97. The minimum atomic E-state index is -3.63. The standard InChI is InChI=1S/C16H20N2O4S/c19-16(20)13(10-11-6-2-1-3-7-11)17-15-12-8-4-5-9-14(12)23(21,22)18-15/h4-5,8-9,11,13H,1-3,6-7,10H2,(H,17,18)(H,19,20). The van der Waals surface area contributed by atoms with Crippen LogP contribution >= 0.6 is 0 Å². The Balaban J connectivity index is 1.87. The number of nitrogens with one attached hydrogen (secondary N) is 1. The lowest BCUT2D eigenvalue weighted by molar-refractivity contribution is -0.138. The van der Waals surface area contributed by atoms with Gasteiger partial charge in [-0.15, -0.1) is 0 Å². The highest BCUT2D eigenvalue weighted by atomic mass is 32.2. The number of carboxylic acid groups (broad SMARTS) is 1. The van der Waals surface area contributed by atoms with Crippen LogP contribution in [0.1, 0.15) is 44.1 Å². The third kappa shape index (κ3) is 3.39. The molecule has 2 N–H and O–H groups in total. The molecule has 1 heterocycles. The zero-order valence-electron chi connectivity index (χ0n) is 12.7. The molecule has 0 bridgehead atoms. The molecule has 23 heavy (non-hydrogen) atoms. The van der Waals surface area contributed by atoms with Crippen molar-refractivity contribution >= 4 is 21.8 Å². The number of rotatable bonds is 4. The fourth-order valence-corrected chi connectivity index (χ4v) is 4.57. The molecule has 0 amide bonds. The van der Waals surface area contributed by atoms with Crippen LogP contribution in [0.3, 0.4) is 0 Å². The van der Waals surface area contributed by atoms with E-state index in [1.165, 1.54) is 12.5 Å². The Morgan fingerprint density at radius 2 is 1.96 bits per heavy atom. The van der Waals surface area contributed by atoms with Crippen LogP contribution in [0.2, 0.25) is 0 Å². The van der Waals surface area contributed by atoms with E-state index in [0.717, 1.165) is 25.7 Å². The average Bonchev–Trinajstić information content (AvgIpc) is 2.79. The van der Waals surface area contributed by atoms with Crippen LogP contribution in [-0.4, -0.2) is 31.4 Å². The van der Waals surface area contributed by atoms with Gasteiger partial charge in [0, 0.05) is 5.56 Å². The van der Waals surface area contributed by atoms with Crippen LogP contribution in [0, 0.1) is 5.92 Å². The molecule has 1 unspecified atom stereocenters. The van der Waals surface area contributed by atoms with Crippen LogP contribution < -0.4 is 4.72 Å². The number of benzene rings is 1. The molecule has 1 aliphatic heterocycles. The zero-order valence-corrected chi connectivity index (χ0v) is 13.6. The number of carbonyl (C=O) groups is 1. The number of carboxylic acids is 1. The smallest absolute Gasteiger partial charge is 0.328 e. The first-order valence-corrected chi connectivity index (χ1v) is 9.38. The topological polar surface area (TPSA) is 95.8 Å². The number of aliphatic carboxylic acids is 1. The largest absolute Gasteiger partial charge is 0.480 e. The third-order valence-electron chi connectivity index (χ3n) is 4.51. The Morgan fingerprint density at radius 1 is 1.26 bits per heavy atom. The van der Waals surface area contributed by atoms with E-state index < -0.39 is 22.0 Å². The Kier molecular flexibility index (Phi) is 4.39. The van der Waals surface area contributed by atoms with Crippen LogP contribution in [0.25, 0.3) is 0 Å². The van der Waals surface area contributed by atoms with Crippen molar-refractivity contribution in [2.75, 3.05) is 0 Å². The molecule has 1 aromatic rings. The lowest BCUT2D eigenvalue weighted by Gasteiger charge is -2.23. The Bertz CT molecular complexity index is 736. The summed E-state index contributed by atoms with van der Waals surface area (Å²) < 4.78 is 26.5. The Hall–Kier alpha value is -1.89. The van der Waals surface area contributed by atoms with Gasteiger partial charge in [-0.3, -0.25) is 9.71 Å². The van der Waals surface area contributed by atoms with Gasteiger partial charge in [0.05, 0.1) is 4.90 Å². The molecule has 2 aliphatic rings. The van der Waals surface area contributed by atoms with Gasteiger partial charge in [0.2, 0.25) is 0 Å². The molecule has 7 heteroatoms. The van der Waals surface area contributed by atoms with Crippen LogP contribution in [-0.2, 0) is 14.8 Å². The molecule has 3 rings (SSSR count). The molecule has 1 saturated carbocycles. The van der Waals surface area contributed by atoms with E-state index in [2.05, 4.69) is 9.71 Å². The van der Waals surface area contributed by atoms with Crippen molar-refractivity contribution < 1.29 is 18.3 Å². The predicted molar refractivity (Wildman–Crippen MR) is 85.9 cm³/mol. The van der Waals surface area contributed by atoms with Crippen molar-refractivity contribution in [2.45, 2.75) is 49.5 Å². The first-order chi connectivity index (χ1) is 11.0. The molecular formula is C16H20N2O4S. The van der Waals surface area contributed by atoms with E-state index >= 15 is 0 Å². The molecule has 0 saturated heterocycles. The van der Waals surface area contributed by atoms with Gasteiger partial charge >= 0.3 is 5.97 Å². The Labute approximate surface area is 135 Å². The fourth-order valence-electron chi connectivity index (χ4n) is 3.33.